The lowest BCUT2D eigenvalue weighted by molar-refractivity contribution is 0.0921. The van der Waals surface area contributed by atoms with E-state index in [-0.39, 0.29) is 11.3 Å². The van der Waals surface area contributed by atoms with Crippen LogP contribution in [0.2, 0.25) is 0 Å². The largest absolute Gasteiger partial charge is 0.351 e. The molecule has 2 rings (SSSR count). The molecule has 0 radical (unpaired) electrons. The summed E-state index contributed by atoms with van der Waals surface area (Å²) in [6, 6.07) is 7.73. The Hall–Kier alpha value is -0.100. The Labute approximate surface area is 137 Å². The third-order valence-electron chi connectivity index (χ3n) is 3.94. The van der Waals surface area contributed by atoms with Crippen molar-refractivity contribution in [1.82, 2.24) is 5.32 Å². The van der Waals surface area contributed by atoms with Crippen LogP contribution in [0.25, 0.3) is 0 Å². The lowest BCUT2D eigenvalue weighted by Gasteiger charge is -2.35. The van der Waals surface area contributed by atoms with Crippen molar-refractivity contribution in [3.05, 3.63) is 33.4 Å². The van der Waals surface area contributed by atoms with Crippen LogP contribution in [0.4, 0.5) is 0 Å². The van der Waals surface area contributed by atoms with Crippen LogP contribution in [-0.4, -0.2) is 17.8 Å². The van der Waals surface area contributed by atoms with Gasteiger partial charge in [0.1, 0.15) is 0 Å². The van der Waals surface area contributed by atoms with E-state index in [2.05, 4.69) is 43.8 Å². The predicted octanol–water partition coefficient (Wildman–Crippen LogP) is 4.37. The van der Waals surface area contributed by atoms with Crippen LogP contribution in [0.3, 0.4) is 0 Å². The minimum absolute atomic E-state index is 0.0518. The molecule has 1 fully saturated rings. The van der Waals surface area contributed by atoms with E-state index < -0.39 is 0 Å². The summed E-state index contributed by atoms with van der Waals surface area (Å²) < 4.78 is 1.01. The molecule has 1 aromatic rings. The normalized spacial score (nSPS) is 18.0. The van der Waals surface area contributed by atoms with E-state index in [1.54, 1.807) is 0 Å². The molecule has 1 aliphatic carbocycles. The molecule has 19 heavy (non-hydrogen) atoms. The fourth-order valence-corrected chi connectivity index (χ4v) is 4.06. The first-order chi connectivity index (χ1) is 9.17. The molecule has 1 N–H and O–H groups in total. The molecule has 0 aliphatic heterocycles. The number of carbonyl (C=O) groups is 1. The predicted molar refractivity (Wildman–Crippen MR) is 90.8 cm³/mol. The molecular weight excluding hydrogens is 417 g/mol. The molecule has 1 aromatic carbocycles. The molecule has 1 aliphatic rings. The highest BCUT2D eigenvalue weighted by Crippen LogP contribution is 2.37. The Bertz CT molecular complexity index is 444. The molecule has 0 atom stereocenters. The van der Waals surface area contributed by atoms with Gasteiger partial charge in [-0.25, -0.2) is 0 Å². The maximum atomic E-state index is 12.2. The molecule has 0 spiro atoms. The number of hydrogen-bond acceptors (Lipinski definition) is 1. The van der Waals surface area contributed by atoms with Crippen molar-refractivity contribution in [2.24, 2.45) is 5.41 Å². The molecule has 4 heteroatoms. The van der Waals surface area contributed by atoms with Gasteiger partial charge in [-0.3, -0.25) is 4.79 Å². The summed E-state index contributed by atoms with van der Waals surface area (Å²) in [7, 11) is 0. The lowest BCUT2D eigenvalue weighted by Crippen LogP contribution is -2.40. The van der Waals surface area contributed by atoms with E-state index in [0.717, 1.165) is 21.0 Å². The van der Waals surface area contributed by atoms with Gasteiger partial charge in [0.2, 0.25) is 0 Å². The second kappa shape index (κ2) is 7.07. The average molecular weight is 436 g/mol. The van der Waals surface area contributed by atoms with Crippen molar-refractivity contribution in [1.29, 1.82) is 0 Å². The molecular formula is C15H19BrINO. The van der Waals surface area contributed by atoms with Crippen molar-refractivity contribution < 1.29 is 4.79 Å². The highest BCUT2D eigenvalue weighted by molar-refractivity contribution is 14.1. The Morgan fingerprint density at radius 3 is 2.58 bits per heavy atom. The number of benzene rings is 1. The van der Waals surface area contributed by atoms with Crippen LogP contribution in [-0.2, 0) is 0 Å². The smallest absolute Gasteiger partial charge is 0.252 e. The van der Waals surface area contributed by atoms with Crippen molar-refractivity contribution >= 4 is 44.4 Å². The van der Waals surface area contributed by atoms with Crippen LogP contribution in [0, 0.1) is 8.99 Å². The zero-order valence-corrected chi connectivity index (χ0v) is 14.7. The highest BCUT2D eigenvalue weighted by Gasteiger charge is 2.31. The first-order valence-corrected chi connectivity index (χ1v) is 8.96. The molecule has 0 bridgehead atoms. The number of rotatable bonds is 4. The summed E-state index contributed by atoms with van der Waals surface area (Å²) >= 11 is 5.85. The van der Waals surface area contributed by atoms with E-state index >= 15 is 0 Å². The minimum Gasteiger partial charge on any atom is -0.351 e. The monoisotopic (exact) mass is 435 g/mol. The number of nitrogens with one attached hydrogen (secondary N) is 1. The van der Waals surface area contributed by atoms with Gasteiger partial charge in [0.25, 0.3) is 5.91 Å². The van der Waals surface area contributed by atoms with Crippen molar-refractivity contribution in [2.75, 3.05) is 11.9 Å². The number of amides is 1. The van der Waals surface area contributed by atoms with E-state index in [1.807, 2.05) is 24.3 Å². The Balaban J connectivity index is 1.98. The fourth-order valence-electron chi connectivity index (χ4n) is 2.67. The van der Waals surface area contributed by atoms with Crippen molar-refractivity contribution in [2.45, 2.75) is 32.1 Å². The van der Waals surface area contributed by atoms with E-state index in [1.165, 1.54) is 32.1 Å². The summed E-state index contributed by atoms with van der Waals surface area (Å²) in [6.45, 7) is 0.780. The lowest BCUT2D eigenvalue weighted by atomic mass is 9.75. The fraction of sp³-hybridized carbons (Fsp3) is 0.533. The van der Waals surface area contributed by atoms with E-state index in [9.17, 15) is 4.79 Å². The summed E-state index contributed by atoms with van der Waals surface area (Å²) in [6.07, 6.45) is 6.32. The Kier molecular flexibility index (Phi) is 5.69. The number of hydrogen-bond donors (Lipinski definition) is 1. The summed E-state index contributed by atoms with van der Waals surface area (Å²) in [5.41, 5.74) is 1.04. The topological polar surface area (TPSA) is 29.1 Å². The van der Waals surface area contributed by atoms with Crippen LogP contribution in [0.5, 0.6) is 0 Å². The third kappa shape index (κ3) is 3.94. The second-order valence-electron chi connectivity index (χ2n) is 5.36. The van der Waals surface area contributed by atoms with Crippen LogP contribution in [0.1, 0.15) is 42.5 Å². The first kappa shape index (κ1) is 15.3. The van der Waals surface area contributed by atoms with Gasteiger partial charge in [-0.2, -0.15) is 0 Å². The average Bonchev–Trinajstić information content (AvgIpc) is 2.46. The van der Waals surface area contributed by atoms with Gasteiger partial charge < -0.3 is 5.32 Å². The first-order valence-electron chi connectivity index (χ1n) is 6.76. The zero-order valence-electron chi connectivity index (χ0n) is 10.9. The zero-order chi connectivity index (χ0) is 13.7. The third-order valence-corrected chi connectivity index (χ3v) is 6.07. The molecule has 1 saturated carbocycles. The van der Waals surface area contributed by atoms with Gasteiger partial charge in [-0.1, -0.05) is 47.3 Å². The molecule has 0 saturated heterocycles. The maximum absolute atomic E-state index is 12.2. The standard InChI is InChI=1S/C15H19BrINO/c16-10-15(8-4-1-5-9-15)11-18-14(19)12-6-2-3-7-13(12)17/h2-3,6-7H,1,4-5,8-11H2,(H,18,19). The SMILES string of the molecule is O=C(NCC1(CBr)CCCCC1)c1ccccc1I. The molecule has 0 aromatic heterocycles. The van der Waals surface area contributed by atoms with E-state index in [0.29, 0.717) is 0 Å². The van der Waals surface area contributed by atoms with Gasteiger partial charge in [0, 0.05) is 15.4 Å². The van der Waals surface area contributed by atoms with Gasteiger partial charge in [0.05, 0.1) is 5.56 Å². The summed E-state index contributed by atoms with van der Waals surface area (Å²) in [5.74, 6) is 0.0518. The van der Waals surface area contributed by atoms with Gasteiger partial charge >= 0.3 is 0 Å². The quantitative estimate of drug-likeness (QED) is 0.552. The highest BCUT2D eigenvalue weighted by atomic mass is 127. The van der Waals surface area contributed by atoms with Crippen LogP contribution < -0.4 is 5.32 Å². The van der Waals surface area contributed by atoms with Crippen LogP contribution >= 0.6 is 38.5 Å². The molecule has 0 unspecified atom stereocenters. The van der Waals surface area contributed by atoms with E-state index in [4.69, 9.17) is 0 Å². The Morgan fingerprint density at radius 1 is 1.26 bits per heavy atom. The number of carbonyl (C=O) groups excluding carboxylic acids is 1. The molecule has 0 heterocycles. The summed E-state index contributed by atoms with van der Waals surface area (Å²) in [5, 5.41) is 4.11. The Morgan fingerprint density at radius 2 is 1.95 bits per heavy atom. The molecule has 1 amide bonds. The number of alkyl halides is 1. The molecule has 104 valence electrons. The maximum Gasteiger partial charge on any atom is 0.252 e. The van der Waals surface area contributed by atoms with Crippen LogP contribution in [0.15, 0.2) is 24.3 Å². The molecule has 2 nitrogen and oxygen atoms in total. The van der Waals surface area contributed by atoms with Gasteiger partial charge in [-0.15, -0.1) is 0 Å². The minimum atomic E-state index is 0.0518. The van der Waals surface area contributed by atoms with Gasteiger partial charge in [-0.05, 0) is 53.0 Å². The van der Waals surface area contributed by atoms with Gasteiger partial charge in [0.15, 0.2) is 0 Å². The summed E-state index contributed by atoms with van der Waals surface area (Å²) in [4.78, 5) is 12.2. The second-order valence-corrected chi connectivity index (χ2v) is 7.08. The van der Waals surface area contributed by atoms with Crippen molar-refractivity contribution in [3.63, 3.8) is 0 Å². The van der Waals surface area contributed by atoms with Crippen molar-refractivity contribution in [3.8, 4) is 0 Å². The number of halogens is 2.